The highest BCUT2D eigenvalue weighted by atomic mass is 32.1. The summed E-state index contributed by atoms with van der Waals surface area (Å²) in [5.74, 6) is -0.0723. The molecule has 0 saturated heterocycles. The van der Waals surface area contributed by atoms with Gasteiger partial charge < -0.3 is 10.6 Å². The summed E-state index contributed by atoms with van der Waals surface area (Å²) in [5.41, 5.74) is 0. The number of nitrogens with zero attached hydrogens (tertiary/aromatic N) is 1. The Balaban J connectivity index is 1.94. The molecule has 1 aliphatic rings. The maximum atomic E-state index is 12.3. The molecule has 1 saturated carbocycles. The second-order valence-corrected chi connectivity index (χ2v) is 6.79. The molecule has 0 radical (unpaired) electrons. The molecule has 0 aliphatic heterocycles. The Labute approximate surface area is 129 Å². The lowest BCUT2D eigenvalue weighted by Crippen LogP contribution is -2.49. The average molecular weight is 309 g/mol. The van der Waals surface area contributed by atoms with E-state index in [0.717, 1.165) is 25.7 Å². The highest BCUT2D eigenvalue weighted by Crippen LogP contribution is 2.24. The molecule has 5 nitrogen and oxygen atoms in total. The predicted octanol–water partition coefficient (Wildman–Crippen LogP) is 2.80. The molecule has 0 aromatic carbocycles. The summed E-state index contributed by atoms with van der Waals surface area (Å²) in [7, 11) is 0. The van der Waals surface area contributed by atoms with E-state index in [-0.39, 0.29) is 23.7 Å². The Hall–Kier alpha value is -1.43. The summed E-state index contributed by atoms with van der Waals surface area (Å²) in [5, 5.41) is 8.06. The van der Waals surface area contributed by atoms with Crippen molar-refractivity contribution in [1.29, 1.82) is 0 Å². The Kier molecular flexibility index (Phi) is 5.73. The van der Waals surface area contributed by atoms with Gasteiger partial charge in [0, 0.05) is 17.5 Å². The summed E-state index contributed by atoms with van der Waals surface area (Å²) >= 11 is 1.37. The van der Waals surface area contributed by atoms with Crippen LogP contribution < -0.4 is 10.6 Å². The lowest BCUT2D eigenvalue weighted by Gasteiger charge is -2.26. The van der Waals surface area contributed by atoms with Crippen molar-refractivity contribution >= 4 is 28.3 Å². The summed E-state index contributed by atoms with van der Waals surface area (Å²) in [6.07, 6.45) is 6.94. The average Bonchev–Trinajstić information content (AvgIpc) is 2.97. The van der Waals surface area contributed by atoms with Gasteiger partial charge in [0.25, 0.3) is 0 Å². The first-order chi connectivity index (χ1) is 10.1. The van der Waals surface area contributed by atoms with Crippen molar-refractivity contribution in [1.82, 2.24) is 10.3 Å². The third-order valence-electron chi connectivity index (χ3n) is 3.89. The first-order valence-electron chi connectivity index (χ1n) is 7.58. The molecular formula is C15H23N3O2S. The summed E-state index contributed by atoms with van der Waals surface area (Å²) < 4.78 is 0. The fraction of sp³-hybridized carbons (Fsp3) is 0.667. The van der Waals surface area contributed by atoms with Gasteiger partial charge in [-0.05, 0) is 18.8 Å². The number of carbonyl (C=O) groups is 2. The van der Waals surface area contributed by atoms with Gasteiger partial charge >= 0.3 is 0 Å². The molecule has 0 unspecified atom stereocenters. The van der Waals surface area contributed by atoms with E-state index in [1.807, 2.05) is 13.8 Å². The van der Waals surface area contributed by atoms with Gasteiger partial charge in [-0.2, -0.15) is 0 Å². The zero-order valence-electron chi connectivity index (χ0n) is 12.6. The largest absolute Gasteiger partial charge is 0.344 e. The van der Waals surface area contributed by atoms with Crippen LogP contribution in [0.4, 0.5) is 5.13 Å². The van der Waals surface area contributed by atoms with E-state index < -0.39 is 6.04 Å². The zero-order chi connectivity index (χ0) is 15.2. The van der Waals surface area contributed by atoms with Gasteiger partial charge in [-0.25, -0.2) is 4.98 Å². The van der Waals surface area contributed by atoms with Crippen molar-refractivity contribution in [2.75, 3.05) is 5.32 Å². The fourth-order valence-electron chi connectivity index (χ4n) is 2.64. The number of amides is 2. The number of hydrogen-bond donors (Lipinski definition) is 2. The lowest BCUT2D eigenvalue weighted by molar-refractivity contribution is -0.130. The molecule has 1 atom stereocenters. The normalized spacial score (nSPS) is 17.5. The van der Waals surface area contributed by atoms with Crippen LogP contribution in [0.3, 0.4) is 0 Å². The summed E-state index contributed by atoms with van der Waals surface area (Å²) in [6, 6.07) is -0.511. The smallest absolute Gasteiger partial charge is 0.248 e. The molecule has 0 spiro atoms. The molecule has 116 valence electrons. The highest BCUT2D eigenvalue weighted by Gasteiger charge is 2.28. The van der Waals surface area contributed by atoms with Gasteiger partial charge in [0.1, 0.15) is 6.04 Å². The number of anilines is 1. The van der Waals surface area contributed by atoms with Crippen LogP contribution >= 0.6 is 11.3 Å². The Morgan fingerprint density at radius 1 is 1.29 bits per heavy atom. The van der Waals surface area contributed by atoms with Gasteiger partial charge in [-0.3, -0.25) is 9.59 Å². The molecular weight excluding hydrogens is 286 g/mol. The van der Waals surface area contributed by atoms with Crippen LogP contribution in [0.25, 0.3) is 0 Å². The van der Waals surface area contributed by atoms with E-state index in [9.17, 15) is 9.59 Å². The van der Waals surface area contributed by atoms with Gasteiger partial charge in [0.05, 0.1) is 0 Å². The third-order valence-corrected chi connectivity index (χ3v) is 4.57. The topological polar surface area (TPSA) is 71.1 Å². The second kappa shape index (κ2) is 7.54. The molecule has 1 aromatic heterocycles. The number of aromatic nitrogens is 1. The Morgan fingerprint density at radius 2 is 2.00 bits per heavy atom. The number of nitrogens with one attached hydrogen (secondary N) is 2. The fourth-order valence-corrected chi connectivity index (χ4v) is 3.17. The SMILES string of the molecule is CC(C)[C@H](NC(=O)C1CCCCC1)C(=O)Nc1nccs1. The van der Waals surface area contributed by atoms with Crippen LogP contribution in [0, 0.1) is 11.8 Å². The van der Waals surface area contributed by atoms with Gasteiger partial charge in [-0.1, -0.05) is 33.1 Å². The third kappa shape index (κ3) is 4.52. The van der Waals surface area contributed by atoms with Gasteiger partial charge in [0.2, 0.25) is 11.8 Å². The van der Waals surface area contributed by atoms with E-state index >= 15 is 0 Å². The molecule has 1 aliphatic carbocycles. The minimum absolute atomic E-state index is 0.0164. The molecule has 1 heterocycles. The Morgan fingerprint density at radius 3 is 2.57 bits per heavy atom. The van der Waals surface area contributed by atoms with Crippen LogP contribution in [-0.2, 0) is 9.59 Å². The van der Waals surface area contributed by atoms with Gasteiger partial charge in [0.15, 0.2) is 5.13 Å². The quantitative estimate of drug-likeness (QED) is 0.878. The van der Waals surface area contributed by atoms with Crippen molar-refractivity contribution < 1.29 is 9.59 Å². The Bertz CT molecular complexity index is 467. The summed E-state index contributed by atoms with van der Waals surface area (Å²) in [4.78, 5) is 28.7. The van der Waals surface area contributed by atoms with Crippen molar-refractivity contribution in [3.63, 3.8) is 0 Å². The van der Waals surface area contributed by atoms with E-state index in [1.165, 1.54) is 17.8 Å². The van der Waals surface area contributed by atoms with Crippen LogP contribution in [-0.4, -0.2) is 22.8 Å². The van der Waals surface area contributed by atoms with Crippen LogP contribution in [0.1, 0.15) is 46.0 Å². The van der Waals surface area contributed by atoms with Crippen LogP contribution in [0.2, 0.25) is 0 Å². The summed E-state index contributed by atoms with van der Waals surface area (Å²) in [6.45, 7) is 3.88. The van der Waals surface area contributed by atoms with E-state index in [0.29, 0.717) is 5.13 Å². The van der Waals surface area contributed by atoms with E-state index in [1.54, 1.807) is 11.6 Å². The highest BCUT2D eigenvalue weighted by molar-refractivity contribution is 7.13. The van der Waals surface area contributed by atoms with Crippen LogP contribution in [0.15, 0.2) is 11.6 Å². The zero-order valence-corrected chi connectivity index (χ0v) is 13.4. The van der Waals surface area contributed by atoms with Crippen molar-refractivity contribution in [2.45, 2.75) is 52.0 Å². The minimum atomic E-state index is -0.511. The number of thiazole rings is 1. The number of rotatable bonds is 5. The lowest BCUT2D eigenvalue weighted by atomic mass is 9.88. The molecule has 2 N–H and O–H groups in total. The molecule has 2 amide bonds. The first-order valence-corrected chi connectivity index (χ1v) is 8.46. The first kappa shape index (κ1) is 15.9. The maximum absolute atomic E-state index is 12.3. The predicted molar refractivity (Wildman–Crippen MR) is 84.1 cm³/mol. The molecule has 1 fully saturated rings. The van der Waals surface area contributed by atoms with Gasteiger partial charge in [-0.15, -0.1) is 11.3 Å². The van der Waals surface area contributed by atoms with Crippen molar-refractivity contribution in [3.8, 4) is 0 Å². The van der Waals surface area contributed by atoms with E-state index in [2.05, 4.69) is 15.6 Å². The molecule has 2 rings (SSSR count). The second-order valence-electron chi connectivity index (χ2n) is 5.89. The molecule has 6 heteroatoms. The van der Waals surface area contributed by atoms with Crippen LogP contribution in [0.5, 0.6) is 0 Å². The molecule has 1 aromatic rings. The number of hydrogen-bond acceptors (Lipinski definition) is 4. The standard InChI is InChI=1S/C15H23N3O2S/c1-10(2)12(14(20)18-15-16-8-9-21-15)17-13(19)11-6-4-3-5-7-11/h8-12H,3-7H2,1-2H3,(H,17,19)(H,16,18,20)/t12-/m0/s1. The molecule has 0 bridgehead atoms. The minimum Gasteiger partial charge on any atom is -0.344 e. The molecule has 21 heavy (non-hydrogen) atoms. The monoisotopic (exact) mass is 309 g/mol. The van der Waals surface area contributed by atoms with Crippen molar-refractivity contribution in [3.05, 3.63) is 11.6 Å². The maximum Gasteiger partial charge on any atom is 0.248 e. The van der Waals surface area contributed by atoms with Crippen molar-refractivity contribution in [2.24, 2.45) is 11.8 Å². The number of carbonyl (C=O) groups excluding carboxylic acids is 2. The van der Waals surface area contributed by atoms with E-state index in [4.69, 9.17) is 0 Å².